The minimum atomic E-state index is 0.452. The van der Waals surface area contributed by atoms with Gasteiger partial charge in [-0.05, 0) is 5.57 Å². The van der Waals surface area contributed by atoms with Gasteiger partial charge in [-0.3, -0.25) is 0 Å². The number of aryl methyl sites for hydroxylation is 1. The molecule has 0 saturated heterocycles. The molecule has 10 heteroatoms. The Morgan fingerprint density at radius 2 is 2.12 bits per heavy atom. The van der Waals surface area contributed by atoms with Crippen molar-refractivity contribution in [1.82, 2.24) is 40.0 Å². The van der Waals surface area contributed by atoms with Crippen LogP contribution in [0.4, 0.5) is 0 Å². The van der Waals surface area contributed by atoms with Gasteiger partial charge >= 0.3 is 0 Å². The zero-order chi connectivity index (χ0) is 17.7. The quantitative estimate of drug-likeness (QED) is 0.546. The summed E-state index contributed by atoms with van der Waals surface area (Å²) in [5.74, 6) is 1.02. The maximum atomic E-state index is 5.69. The topological polar surface area (TPSA) is 109 Å². The Hall–Kier alpha value is -3.82. The van der Waals surface area contributed by atoms with Gasteiger partial charge in [-0.15, -0.1) is 15.3 Å². The van der Waals surface area contributed by atoms with Gasteiger partial charge in [-0.1, -0.05) is 28.6 Å². The Morgan fingerprint density at radius 3 is 2.73 bits per heavy atom. The predicted octanol–water partition coefficient (Wildman–Crippen LogP) is 1.54. The fraction of sp³-hybridized carbons (Fsp3) is 0.125. The van der Waals surface area contributed by atoms with Crippen molar-refractivity contribution in [3.05, 3.63) is 42.3 Å². The number of aromatic nitrogens is 8. The lowest BCUT2D eigenvalue weighted by molar-refractivity contribution is 0.414. The molecule has 128 valence electrons. The van der Waals surface area contributed by atoms with E-state index in [1.165, 1.54) is 6.26 Å². The summed E-state index contributed by atoms with van der Waals surface area (Å²) in [7, 11) is 3.40. The first-order chi connectivity index (χ1) is 12.8. The van der Waals surface area contributed by atoms with E-state index in [-0.39, 0.29) is 0 Å². The number of methoxy groups -OCH3 is 1. The summed E-state index contributed by atoms with van der Waals surface area (Å²) >= 11 is 0. The van der Waals surface area contributed by atoms with Crippen molar-refractivity contribution in [2.45, 2.75) is 0 Å². The standard InChI is InChI=1S/C16H12N8O2/c1-23-11(8-17-22-23)13-12(9-4-3-5-9)14(25-2)16-19-18-15(24(16)20-13)10-6-7-26-21-10/h3-8H,1-2H3. The molecule has 1 aliphatic rings. The first-order valence-electron chi connectivity index (χ1n) is 7.76. The number of allylic oxidation sites excluding steroid dienone is 4. The van der Waals surface area contributed by atoms with Crippen LogP contribution in [-0.4, -0.2) is 47.1 Å². The summed E-state index contributed by atoms with van der Waals surface area (Å²) in [6.45, 7) is 0. The van der Waals surface area contributed by atoms with Gasteiger partial charge in [0.15, 0.2) is 11.4 Å². The second-order valence-corrected chi connectivity index (χ2v) is 5.62. The highest BCUT2D eigenvalue weighted by Crippen LogP contribution is 2.39. The molecule has 0 spiro atoms. The summed E-state index contributed by atoms with van der Waals surface area (Å²) < 4.78 is 13.9. The number of ether oxygens (including phenoxy) is 1. The summed E-state index contributed by atoms with van der Waals surface area (Å²) in [5.41, 5.74) is 4.20. The van der Waals surface area contributed by atoms with Crippen molar-refractivity contribution in [3.63, 3.8) is 0 Å². The minimum absolute atomic E-state index is 0.452. The van der Waals surface area contributed by atoms with Crippen LogP contribution in [0.1, 0.15) is 5.56 Å². The van der Waals surface area contributed by atoms with E-state index in [1.54, 1.807) is 35.6 Å². The van der Waals surface area contributed by atoms with E-state index >= 15 is 0 Å². The zero-order valence-electron chi connectivity index (χ0n) is 13.9. The van der Waals surface area contributed by atoms with E-state index in [9.17, 15) is 0 Å². The van der Waals surface area contributed by atoms with Gasteiger partial charge in [0.1, 0.15) is 17.7 Å². The molecule has 4 aromatic rings. The van der Waals surface area contributed by atoms with E-state index in [2.05, 4.69) is 25.7 Å². The monoisotopic (exact) mass is 348 g/mol. The maximum Gasteiger partial charge on any atom is 0.221 e. The van der Waals surface area contributed by atoms with E-state index < -0.39 is 0 Å². The Labute approximate surface area is 146 Å². The summed E-state index contributed by atoms with van der Waals surface area (Å²) in [5, 5.41) is 25.1. The van der Waals surface area contributed by atoms with Crippen molar-refractivity contribution in [2.24, 2.45) is 7.05 Å². The van der Waals surface area contributed by atoms with Crippen LogP contribution in [-0.2, 0) is 7.05 Å². The van der Waals surface area contributed by atoms with E-state index in [0.29, 0.717) is 28.6 Å². The van der Waals surface area contributed by atoms with Crippen molar-refractivity contribution in [2.75, 3.05) is 7.11 Å². The van der Waals surface area contributed by atoms with Crippen LogP contribution < -0.4 is 4.74 Å². The maximum absolute atomic E-state index is 5.69. The summed E-state index contributed by atoms with van der Waals surface area (Å²) in [6.07, 6.45) is 9.05. The zero-order valence-corrected chi connectivity index (χ0v) is 13.9. The summed E-state index contributed by atoms with van der Waals surface area (Å²) in [6, 6.07) is 1.70. The minimum Gasteiger partial charge on any atom is -0.492 e. The lowest BCUT2D eigenvalue weighted by atomic mass is 9.96. The van der Waals surface area contributed by atoms with Crippen molar-refractivity contribution >= 4 is 11.2 Å². The van der Waals surface area contributed by atoms with Crippen LogP contribution in [0, 0.1) is 0 Å². The summed E-state index contributed by atoms with van der Waals surface area (Å²) in [4.78, 5) is 0. The third kappa shape index (κ3) is 1.92. The van der Waals surface area contributed by atoms with Gasteiger partial charge in [0, 0.05) is 13.1 Å². The molecule has 0 saturated carbocycles. The highest BCUT2D eigenvalue weighted by atomic mass is 16.5. The van der Waals surface area contributed by atoms with Gasteiger partial charge in [-0.25, -0.2) is 4.68 Å². The average Bonchev–Trinajstić information content (AvgIpc) is 3.32. The largest absolute Gasteiger partial charge is 0.492 e. The number of hydrogen-bond donors (Lipinski definition) is 0. The number of nitrogens with zero attached hydrogens (tertiary/aromatic N) is 8. The molecule has 0 atom stereocenters. The molecule has 4 heterocycles. The van der Waals surface area contributed by atoms with Crippen LogP contribution in [0.3, 0.4) is 0 Å². The van der Waals surface area contributed by atoms with E-state index in [4.69, 9.17) is 14.4 Å². The van der Waals surface area contributed by atoms with Gasteiger partial charge in [0.2, 0.25) is 11.5 Å². The van der Waals surface area contributed by atoms with Gasteiger partial charge in [0.05, 0.1) is 18.9 Å². The number of fused-ring (bicyclic) bond motifs is 1. The van der Waals surface area contributed by atoms with Crippen LogP contribution in [0.25, 0.3) is 34.1 Å². The first kappa shape index (κ1) is 14.5. The first-order valence-corrected chi connectivity index (χ1v) is 7.76. The molecule has 4 aromatic heterocycles. The number of hydrogen-bond acceptors (Lipinski definition) is 8. The molecule has 0 aliphatic heterocycles. The lowest BCUT2D eigenvalue weighted by Crippen LogP contribution is -2.08. The third-order valence-corrected chi connectivity index (χ3v) is 4.18. The van der Waals surface area contributed by atoms with Gasteiger partial charge in [0.25, 0.3) is 0 Å². The van der Waals surface area contributed by atoms with Crippen molar-refractivity contribution in [3.8, 4) is 28.7 Å². The highest BCUT2D eigenvalue weighted by molar-refractivity contribution is 5.92. The fourth-order valence-corrected chi connectivity index (χ4v) is 2.88. The van der Waals surface area contributed by atoms with Crippen LogP contribution >= 0.6 is 0 Å². The Kier molecular flexibility index (Phi) is 2.98. The SMILES string of the molecule is COc1c(C2=CC=C2)c(-c2cnnn2C)nn2c(-c3ccon3)nnc12. The van der Waals surface area contributed by atoms with Crippen molar-refractivity contribution in [1.29, 1.82) is 0 Å². The predicted molar refractivity (Wildman–Crippen MR) is 89.9 cm³/mol. The highest BCUT2D eigenvalue weighted by Gasteiger charge is 2.26. The number of rotatable bonds is 4. The van der Waals surface area contributed by atoms with Gasteiger partial charge < -0.3 is 9.26 Å². The smallest absolute Gasteiger partial charge is 0.221 e. The molecular weight excluding hydrogens is 336 g/mol. The van der Waals surface area contributed by atoms with Crippen LogP contribution in [0.5, 0.6) is 5.75 Å². The molecule has 10 nitrogen and oxygen atoms in total. The second-order valence-electron chi connectivity index (χ2n) is 5.62. The molecule has 26 heavy (non-hydrogen) atoms. The Bertz CT molecular complexity index is 1180. The molecule has 0 unspecified atom stereocenters. The van der Waals surface area contributed by atoms with Crippen LogP contribution in [0.15, 0.2) is 41.3 Å². The molecule has 5 rings (SSSR count). The molecule has 0 aromatic carbocycles. The molecule has 0 fully saturated rings. The average molecular weight is 348 g/mol. The fourth-order valence-electron chi connectivity index (χ4n) is 2.88. The third-order valence-electron chi connectivity index (χ3n) is 4.18. The molecule has 1 aliphatic carbocycles. The van der Waals surface area contributed by atoms with Gasteiger partial charge in [-0.2, -0.15) is 9.61 Å². The Balaban J connectivity index is 1.88. The molecule has 0 amide bonds. The normalized spacial score (nSPS) is 13.1. The van der Waals surface area contributed by atoms with E-state index in [1.807, 2.05) is 18.2 Å². The molecule has 0 radical (unpaired) electrons. The molecule has 0 N–H and O–H groups in total. The Morgan fingerprint density at radius 1 is 1.23 bits per heavy atom. The van der Waals surface area contributed by atoms with Crippen molar-refractivity contribution < 1.29 is 9.26 Å². The van der Waals surface area contributed by atoms with E-state index in [0.717, 1.165) is 16.8 Å². The second kappa shape index (κ2) is 5.34. The molecular formula is C16H12N8O2. The molecule has 0 bridgehead atoms. The van der Waals surface area contributed by atoms with Crippen LogP contribution in [0.2, 0.25) is 0 Å². The lowest BCUT2D eigenvalue weighted by Gasteiger charge is -2.17.